The smallest absolute Gasteiger partial charge is 0.343 e. The average Bonchev–Trinajstić information content (AvgIpc) is 2.97. The van der Waals surface area contributed by atoms with Crippen LogP contribution in [0.5, 0.6) is 17.2 Å². The Morgan fingerprint density at radius 2 is 1.26 bits per heavy atom. The molecular formula is C34H30O8S. The van der Waals surface area contributed by atoms with Gasteiger partial charge in [-0.15, -0.1) is 6.58 Å². The van der Waals surface area contributed by atoms with E-state index in [2.05, 4.69) is 6.58 Å². The van der Waals surface area contributed by atoms with Crippen LogP contribution in [0.25, 0.3) is 0 Å². The van der Waals surface area contributed by atoms with Gasteiger partial charge in [-0.25, -0.2) is 9.59 Å². The van der Waals surface area contributed by atoms with Crippen LogP contribution >= 0.6 is 0 Å². The molecule has 0 spiro atoms. The Kier molecular flexibility index (Phi) is 9.57. The molecule has 220 valence electrons. The lowest BCUT2D eigenvalue weighted by Crippen LogP contribution is -2.18. The molecule has 43 heavy (non-hydrogen) atoms. The van der Waals surface area contributed by atoms with Crippen LogP contribution in [0.15, 0.2) is 108 Å². The highest BCUT2D eigenvalue weighted by atomic mass is 32.2. The van der Waals surface area contributed by atoms with Gasteiger partial charge in [0.25, 0.3) is 0 Å². The predicted octanol–water partition coefficient (Wildman–Crippen LogP) is 6.91. The molecule has 0 radical (unpaired) electrons. The molecule has 0 heterocycles. The van der Waals surface area contributed by atoms with Crippen LogP contribution in [-0.4, -0.2) is 26.1 Å². The number of ketones is 1. The molecule has 0 saturated heterocycles. The Balaban J connectivity index is 1.94. The molecule has 0 aliphatic carbocycles. The first-order chi connectivity index (χ1) is 20.5. The highest BCUT2D eigenvalue weighted by Gasteiger charge is 2.31. The van der Waals surface area contributed by atoms with Crippen molar-refractivity contribution in [2.45, 2.75) is 38.5 Å². The molecule has 0 atom stereocenters. The summed E-state index contributed by atoms with van der Waals surface area (Å²) in [6.07, 6.45) is 0.440. The third-order valence-corrected chi connectivity index (χ3v) is 7.62. The fourth-order valence-electron chi connectivity index (χ4n) is 4.15. The van der Waals surface area contributed by atoms with Crippen LogP contribution < -0.4 is 13.7 Å². The van der Waals surface area contributed by atoms with Gasteiger partial charge in [-0.2, -0.15) is 8.42 Å². The highest BCUT2D eigenvalue weighted by Crippen LogP contribution is 2.43. The van der Waals surface area contributed by atoms with Gasteiger partial charge in [-0.05, 0) is 70.0 Å². The number of hydrogen-bond donors (Lipinski definition) is 0. The lowest BCUT2D eigenvalue weighted by atomic mass is 9.98. The molecule has 0 aromatic heterocycles. The van der Waals surface area contributed by atoms with E-state index in [9.17, 15) is 22.8 Å². The van der Waals surface area contributed by atoms with E-state index >= 15 is 0 Å². The molecule has 0 aliphatic rings. The summed E-state index contributed by atoms with van der Waals surface area (Å²) in [5.74, 6) is -3.06. The second-order valence-corrected chi connectivity index (χ2v) is 11.5. The zero-order valence-electron chi connectivity index (χ0n) is 24.0. The van der Waals surface area contributed by atoms with Crippen molar-refractivity contribution in [1.29, 1.82) is 0 Å². The normalized spacial score (nSPS) is 11.0. The van der Waals surface area contributed by atoms with Gasteiger partial charge in [0.2, 0.25) is 0 Å². The Labute approximate surface area is 250 Å². The molecule has 0 N–H and O–H groups in total. The van der Waals surface area contributed by atoms with Gasteiger partial charge in [0.05, 0.1) is 11.1 Å². The van der Waals surface area contributed by atoms with Crippen LogP contribution in [0.3, 0.4) is 0 Å². The molecule has 0 saturated carbocycles. The molecule has 4 aromatic carbocycles. The summed E-state index contributed by atoms with van der Waals surface area (Å²) in [7, 11) is -4.50. The van der Waals surface area contributed by atoms with Gasteiger partial charge in [0, 0.05) is 11.6 Å². The maximum absolute atomic E-state index is 13.5. The molecule has 4 aromatic rings. The Bertz CT molecular complexity index is 1780. The first-order valence-electron chi connectivity index (χ1n) is 13.4. The van der Waals surface area contributed by atoms with E-state index in [0.29, 0.717) is 6.42 Å². The second-order valence-electron chi connectivity index (χ2n) is 9.93. The molecule has 0 bridgehead atoms. The van der Waals surface area contributed by atoms with Gasteiger partial charge >= 0.3 is 22.1 Å². The summed E-state index contributed by atoms with van der Waals surface area (Å²) in [5, 5.41) is 0. The van der Waals surface area contributed by atoms with E-state index < -0.39 is 33.6 Å². The number of ether oxygens (including phenoxy) is 2. The third-order valence-electron chi connectivity index (χ3n) is 6.39. The van der Waals surface area contributed by atoms with Crippen molar-refractivity contribution in [2.24, 2.45) is 0 Å². The number of rotatable bonds is 11. The van der Waals surface area contributed by atoms with Crippen LogP contribution in [0.2, 0.25) is 0 Å². The maximum Gasteiger partial charge on any atom is 0.343 e. The monoisotopic (exact) mass is 598 g/mol. The number of carbonyl (C=O) groups is 3. The topological polar surface area (TPSA) is 113 Å². The Hall–Kier alpha value is -5.02. The summed E-state index contributed by atoms with van der Waals surface area (Å²) >= 11 is 0. The van der Waals surface area contributed by atoms with E-state index in [1.165, 1.54) is 37.3 Å². The van der Waals surface area contributed by atoms with Crippen molar-refractivity contribution >= 4 is 27.8 Å². The Morgan fingerprint density at radius 1 is 0.744 bits per heavy atom. The van der Waals surface area contributed by atoms with Crippen LogP contribution in [0, 0.1) is 6.92 Å². The zero-order valence-corrected chi connectivity index (χ0v) is 24.8. The SMILES string of the molecule is C=C(C)CCc1c(OC(=O)c2ccccc2)cc(OC(=O)c2ccccc2)c(C(C)=O)c1OS(=O)(=O)c1ccc(C)cc1. The Morgan fingerprint density at radius 3 is 1.74 bits per heavy atom. The van der Waals surface area contributed by atoms with Crippen molar-refractivity contribution in [3.63, 3.8) is 0 Å². The summed E-state index contributed by atoms with van der Waals surface area (Å²) < 4.78 is 44.1. The first kappa shape index (κ1) is 30.9. The van der Waals surface area contributed by atoms with E-state index in [0.717, 1.165) is 11.1 Å². The van der Waals surface area contributed by atoms with Crippen molar-refractivity contribution < 1.29 is 36.5 Å². The molecule has 0 unspecified atom stereocenters. The number of aryl methyl sites for hydroxylation is 1. The number of Topliss-reactive ketones (excluding diaryl/α,β-unsaturated/α-hetero) is 1. The fourth-order valence-corrected chi connectivity index (χ4v) is 5.12. The van der Waals surface area contributed by atoms with Gasteiger partial charge in [0.1, 0.15) is 22.0 Å². The van der Waals surface area contributed by atoms with Crippen molar-refractivity contribution in [3.8, 4) is 17.2 Å². The van der Waals surface area contributed by atoms with Crippen molar-refractivity contribution in [2.75, 3.05) is 0 Å². The summed E-state index contributed by atoms with van der Waals surface area (Å²) in [5.41, 5.74) is 1.80. The van der Waals surface area contributed by atoms with Crippen LogP contribution in [0.1, 0.15) is 62.5 Å². The molecule has 0 aliphatic heterocycles. The van der Waals surface area contributed by atoms with Crippen LogP contribution in [0.4, 0.5) is 0 Å². The van der Waals surface area contributed by atoms with E-state index in [4.69, 9.17) is 13.7 Å². The first-order valence-corrected chi connectivity index (χ1v) is 14.8. The predicted molar refractivity (Wildman–Crippen MR) is 161 cm³/mol. The fraction of sp³-hybridized carbons (Fsp3) is 0.147. The number of esters is 2. The third kappa shape index (κ3) is 7.64. The zero-order chi connectivity index (χ0) is 31.1. The molecular weight excluding hydrogens is 568 g/mol. The standard InChI is InChI=1S/C34H30O8S/c1-22(2)15-20-28-29(40-33(36)25-11-7-5-8-12-25)21-30(41-34(37)26-13-9-6-10-14-26)31(24(4)35)32(28)42-43(38,39)27-18-16-23(3)17-19-27/h5-14,16-19,21H,1,15,20H2,2-4H3. The lowest BCUT2D eigenvalue weighted by Gasteiger charge is -2.21. The minimum atomic E-state index is -4.50. The number of carbonyl (C=O) groups excluding carboxylic acids is 3. The van der Waals surface area contributed by atoms with Gasteiger partial charge in [-0.3, -0.25) is 4.79 Å². The maximum atomic E-state index is 13.5. The largest absolute Gasteiger partial charge is 0.422 e. The van der Waals surface area contributed by atoms with E-state index in [-0.39, 0.29) is 45.1 Å². The van der Waals surface area contributed by atoms with E-state index in [1.807, 2.05) is 0 Å². The van der Waals surface area contributed by atoms with Crippen molar-refractivity contribution in [3.05, 3.63) is 131 Å². The molecule has 0 amide bonds. The van der Waals surface area contributed by atoms with Crippen molar-refractivity contribution in [1.82, 2.24) is 0 Å². The van der Waals surface area contributed by atoms with Gasteiger partial charge in [-0.1, -0.05) is 59.7 Å². The highest BCUT2D eigenvalue weighted by molar-refractivity contribution is 7.87. The summed E-state index contributed by atoms with van der Waals surface area (Å²) in [6, 6.07) is 23.4. The molecule has 0 fully saturated rings. The van der Waals surface area contributed by atoms with Crippen LogP contribution in [-0.2, 0) is 16.5 Å². The molecule has 4 rings (SSSR count). The molecule has 9 heteroatoms. The average molecular weight is 599 g/mol. The number of allylic oxidation sites excluding steroid dienone is 1. The minimum absolute atomic E-state index is 0.0959. The van der Waals surface area contributed by atoms with Gasteiger partial charge in [0.15, 0.2) is 11.5 Å². The summed E-state index contributed by atoms with van der Waals surface area (Å²) in [4.78, 5) is 39.2. The number of benzene rings is 4. The number of hydrogen-bond acceptors (Lipinski definition) is 8. The molecule has 8 nitrogen and oxygen atoms in total. The quantitative estimate of drug-likeness (QED) is 0.0602. The van der Waals surface area contributed by atoms with Gasteiger partial charge < -0.3 is 13.7 Å². The van der Waals surface area contributed by atoms with E-state index in [1.54, 1.807) is 74.5 Å². The summed E-state index contributed by atoms with van der Waals surface area (Å²) in [6.45, 7) is 8.69. The second kappa shape index (κ2) is 13.3. The lowest BCUT2D eigenvalue weighted by molar-refractivity contribution is 0.0730. The minimum Gasteiger partial charge on any atom is -0.422 e.